The maximum Gasteiger partial charge on any atom is 0.306 e. The predicted molar refractivity (Wildman–Crippen MR) is 164 cm³/mol. The van der Waals surface area contributed by atoms with Crippen molar-refractivity contribution in [1.82, 2.24) is 4.98 Å². The number of nitrogens with two attached hydrogens (primary N) is 1. The van der Waals surface area contributed by atoms with E-state index in [1.165, 1.54) is 5.57 Å². The third-order valence-electron chi connectivity index (χ3n) is 6.70. The number of hydrogen-bond donors (Lipinski definition) is 1. The van der Waals surface area contributed by atoms with Gasteiger partial charge in [0, 0.05) is 24.3 Å². The van der Waals surface area contributed by atoms with Crippen molar-refractivity contribution in [3.63, 3.8) is 0 Å². The number of thiazole rings is 1. The molecule has 0 spiro atoms. The zero-order valence-corrected chi connectivity index (χ0v) is 27.4. The van der Waals surface area contributed by atoms with Crippen LogP contribution in [0.4, 0.5) is 0 Å². The van der Waals surface area contributed by atoms with E-state index in [1.54, 1.807) is 39.0 Å². The number of rotatable bonds is 14. The van der Waals surface area contributed by atoms with Crippen LogP contribution in [0.1, 0.15) is 118 Å². The van der Waals surface area contributed by atoms with Crippen LogP contribution in [0.5, 0.6) is 0 Å². The average molecular weight is 571 g/mol. The van der Waals surface area contributed by atoms with Gasteiger partial charge in [-0.15, -0.1) is 11.3 Å². The Bertz CT molecular complexity index is 1000. The fraction of sp³-hybridized carbons (Fsp3) is 0.733. The third-order valence-corrected chi connectivity index (χ3v) is 10.5. The summed E-state index contributed by atoms with van der Waals surface area (Å²) in [5.74, 6) is -0.0858. The number of aromatic nitrogens is 1. The number of esters is 1. The lowest BCUT2D eigenvalue weighted by Gasteiger charge is -2.31. The Kier molecular flexibility index (Phi) is 16.6. The molecule has 0 aliphatic carbocycles. The maximum atomic E-state index is 12.8. The summed E-state index contributed by atoms with van der Waals surface area (Å²) in [6.45, 7) is 21.0. The van der Waals surface area contributed by atoms with Gasteiger partial charge in [0.2, 0.25) is 0 Å². The molecule has 1 rings (SSSR count). The van der Waals surface area contributed by atoms with Crippen molar-refractivity contribution >= 4 is 33.2 Å². The quantitative estimate of drug-likeness (QED) is 0.182. The molecule has 1 aromatic rings. The molecule has 1 heterocycles. The second-order valence-corrected chi connectivity index (χ2v) is 15.1. The standard InChI is InChI=1S/C28H48N2O4S2.C2H6/c1-10-12-26(31)34-25(21(4)17-24-18-35-23(6)30-24)16-15-19(2)13-11-14-20(3)27(29)22(5)36(32,33)28(7,8)9;1-2/h15,17-18,20,22,25,27H,10-14,16,29H2,1-9H3;1-2H3/b19-15-,21-17+;. The van der Waals surface area contributed by atoms with Crippen LogP contribution in [0.25, 0.3) is 6.08 Å². The highest BCUT2D eigenvalue weighted by Crippen LogP contribution is 2.26. The lowest BCUT2D eigenvalue weighted by atomic mass is 9.93. The van der Waals surface area contributed by atoms with Crippen molar-refractivity contribution < 1.29 is 17.9 Å². The second kappa shape index (κ2) is 17.2. The Balaban J connectivity index is 0.00000667. The van der Waals surface area contributed by atoms with Crippen LogP contribution in [0.2, 0.25) is 0 Å². The van der Waals surface area contributed by atoms with E-state index in [0.29, 0.717) is 12.8 Å². The Hall–Kier alpha value is -1.51. The van der Waals surface area contributed by atoms with E-state index >= 15 is 0 Å². The first-order valence-electron chi connectivity index (χ1n) is 14.0. The van der Waals surface area contributed by atoms with Crippen molar-refractivity contribution in [2.24, 2.45) is 11.7 Å². The lowest BCUT2D eigenvalue weighted by molar-refractivity contribution is -0.147. The molecule has 0 saturated heterocycles. The molecule has 0 bridgehead atoms. The zero-order valence-electron chi connectivity index (χ0n) is 25.8. The Morgan fingerprint density at radius 3 is 2.29 bits per heavy atom. The topological polar surface area (TPSA) is 99.4 Å². The van der Waals surface area contributed by atoms with Gasteiger partial charge in [-0.1, -0.05) is 39.3 Å². The summed E-state index contributed by atoms with van der Waals surface area (Å²) in [4.78, 5) is 16.7. The molecule has 2 N–H and O–H groups in total. The summed E-state index contributed by atoms with van der Waals surface area (Å²) in [5.41, 5.74) is 9.46. The molecule has 0 aliphatic heterocycles. The summed E-state index contributed by atoms with van der Waals surface area (Å²) in [6, 6.07) is -0.400. The summed E-state index contributed by atoms with van der Waals surface area (Å²) < 4.78 is 30.5. The molecule has 220 valence electrons. The number of aryl methyl sites for hydroxylation is 1. The van der Waals surface area contributed by atoms with E-state index in [0.717, 1.165) is 42.0 Å². The first kappa shape index (κ1) is 36.5. The summed E-state index contributed by atoms with van der Waals surface area (Å²) in [5, 5.41) is 2.42. The molecule has 0 aliphatic rings. The van der Waals surface area contributed by atoms with Crippen LogP contribution in [-0.2, 0) is 19.4 Å². The minimum atomic E-state index is -3.31. The van der Waals surface area contributed by atoms with Gasteiger partial charge in [0.1, 0.15) is 6.10 Å². The van der Waals surface area contributed by atoms with Gasteiger partial charge in [-0.25, -0.2) is 13.4 Å². The van der Waals surface area contributed by atoms with Crippen molar-refractivity contribution in [3.8, 4) is 0 Å². The summed E-state index contributed by atoms with van der Waals surface area (Å²) in [7, 11) is -3.31. The van der Waals surface area contributed by atoms with Crippen LogP contribution >= 0.6 is 11.3 Å². The molecule has 0 saturated carbocycles. The smallest absolute Gasteiger partial charge is 0.306 e. The number of ether oxygens (including phenoxy) is 1. The average Bonchev–Trinajstić information content (AvgIpc) is 3.25. The van der Waals surface area contributed by atoms with E-state index in [4.69, 9.17) is 10.5 Å². The molecule has 6 nitrogen and oxygen atoms in total. The number of carbonyl (C=O) groups is 1. The fourth-order valence-electron chi connectivity index (χ4n) is 4.05. The van der Waals surface area contributed by atoms with Gasteiger partial charge in [-0.3, -0.25) is 4.79 Å². The highest BCUT2D eigenvalue weighted by atomic mass is 32.2. The molecular formula is C30H54N2O4S2. The third kappa shape index (κ3) is 12.1. The number of allylic oxidation sites excluding steroid dienone is 1. The predicted octanol–water partition coefficient (Wildman–Crippen LogP) is 7.66. The van der Waals surface area contributed by atoms with Gasteiger partial charge in [0.15, 0.2) is 9.84 Å². The number of sulfone groups is 1. The van der Waals surface area contributed by atoms with Gasteiger partial charge < -0.3 is 10.5 Å². The van der Waals surface area contributed by atoms with Gasteiger partial charge in [0.05, 0.1) is 20.7 Å². The van der Waals surface area contributed by atoms with Gasteiger partial charge in [-0.05, 0) is 91.7 Å². The van der Waals surface area contributed by atoms with Crippen molar-refractivity contribution in [3.05, 3.63) is 33.3 Å². The fourth-order valence-corrected chi connectivity index (χ4v) is 6.42. The second-order valence-electron chi connectivity index (χ2n) is 11.0. The minimum Gasteiger partial charge on any atom is -0.457 e. The van der Waals surface area contributed by atoms with Crippen LogP contribution in [0.15, 0.2) is 22.6 Å². The van der Waals surface area contributed by atoms with E-state index in [9.17, 15) is 13.2 Å². The van der Waals surface area contributed by atoms with Crippen molar-refractivity contribution in [2.75, 3.05) is 0 Å². The molecular weight excluding hydrogens is 516 g/mol. The lowest BCUT2D eigenvalue weighted by Crippen LogP contribution is -2.48. The molecule has 4 unspecified atom stereocenters. The summed E-state index contributed by atoms with van der Waals surface area (Å²) in [6.07, 6.45) is 8.26. The van der Waals surface area contributed by atoms with E-state index < -0.39 is 25.9 Å². The van der Waals surface area contributed by atoms with Crippen molar-refractivity contribution in [2.45, 2.75) is 137 Å². The molecule has 8 heteroatoms. The first-order chi connectivity index (χ1) is 17.6. The molecule has 0 fully saturated rings. The molecule has 0 radical (unpaired) electrons. The van der Waals surface area contributed by atoms with Gasteiger partial charge >= 0.3 is 5.97 Å². The molecule has 0 amide bonds. The van der Waals surface area contributed by atoms with Crippen LogP contribution < -0.4 is 5.73 Å². The Morgan fingerprint density at radius 2 is 1.79 bits per heavy atom. The molecule has 0 aromatic carbocycles. The number of hydrogen-bond acceptors (Lipinski definition) is 7. The SMILES string of the molecule is CC.CCCC(=O)OC(C/C=C(/C)CCCC(C)C(N)C(C)S(=O)(=O)C(C)(C)C)/C(C)=C/c1csc(C)n1. The highest BCUT2D eigenvalue weighted by molar-refractivity contribution is 7.93. The number of nitrogens with zero attached hydrogens (tertiary/aromatic N) is 1. The largest absolute Gasteiger partial charge is 0.457 e. The zero-order chi connectivity index (χ0) is 29.7. The molecule has 4 atom stereocenters. The molecule has 1 aromatic heterocycles. The van der Waals surface area contributed by atoms with E-state index in [-0.39, 0.29) is 18.0 Å². The first-order valence-corrected chi connectivity index (χ1v) is 16.5. The van der Waals surface area contributed by atoms with Crippen LogP contribution in [-0.4, -0.2) is 41.5 Å². The van der Waals surface area contributed by atoms with E-state index in [1.807, 2.05) is 53.0 Å². The number of carbonyl (C=O) groups excluding carboxylic acids is 1. The van der Waals surface area contributed by atoms with E-state index in [2.05, 4.69) is 18.0 Å². The monoisotopic (exact) mass is 570 g/mol. The molecule has 38 heavy (non-hydrogen) atoms. The van der Waals surface area contributed by atoms with Crippen LogP contribution in [0, 0.1) is 12.8 Å². The Labute approximate surface area is 237 Å². The highest BCUT2D eigenvalue weighted by Gasteiger charge is 2.38. The summed E-state index contributed by atoms with van der Waals surface area (Å²) >= 11 is 1.60. The minimum absolute atomic E-state index is 0.0967. The van der Waals surface area contributed by atoms with Crippen molar-refractivity contribution in [1.29, 1.82) is 0 Å². The van der Waals surface area contributed by atoms with Gasteiger partial charge in [0.25, 0.3) is 0 Å². The Morgan fingerprint density at radius 1 is 1.18 bits per heavy atom. The maximum absolute atomic E-state index is 12.8. The van der Waals surface area contributed by atoms with Gasteiger partial charge in [-0.2, -0.15) is 0 Å². The normalized spacial score (nSPS) is 16.2. The van der Waals surface area contributed by atoms with Crippen LogP contribution in [0.3, 0.4) is 0 Å².